The van der Waals surface area contributed by atoms with Crippen molar-refractivity contribution in [3.05, 3.63) is 30.1 Å². The fraction of sp³-hybridized carbons (Fsp3) is 0.588. The summed E-state index contributed by atoms with van der Waals surface area (Å²) in [5, 5.41) is 7.37. The summed E-state index contributed by atoms with van der Waals surface area (Å²) >= 11 is 5.47. The van der Waals surface area contributed by atoms with E-state index in [1.54, 1.807) is 6.07 Å². The number of hydrogen-bond acceptors (Lipinski definition) is 1. The molecule has 0 radical (unpaired) electrons. The van der Waals surface area contributed by atoms with Crippen molar-refractivity contribution in [3.63, 3.8) is 0 Å². The Balaban J connectivity index is 1.45. The topological polar surface area (TPSA) is 24.1 Å². The third-order valence-electron chi connectivity index (χ3n) is 5.50. The van der Waals surface area contributed by atoms with Gasteiger partial charge in [-0.15, -0.1) is 0 Å². The lowest BCUT2D eigenvalue weighted by Crippen LogP contribution is -2.60. The average Bonchev–Trinajstić information content (AvgIpc) is 2.35. The van der Waals surface area contributed by atoms with E-state index in [1.807, 2.05) is 6.07 Å². The van der Waals surface area contributed by atoms with Gasteiger partial charge in [0.15, 0.2) is 5.11 Å². The Morgan fingerprint density at radius 2 is 1.71 bits per heavy atom. The predicted octanol–water partition coefficient (Wildman–Crippen LogP) is 4.08. The van der Waals surface area contributed by atoms with Gasteiger partial charge in [-0.25, -0.2) is 4.39 Å². The van der Waals surface area contributed by atoms with Crippen molar-refractivity contribution in [3.8, 4) is 0 Å². The SMILES string of the molecule is Fc1cccc(NC(=S)NC23CC4CC(CC(C4)C2)C3)c1. The quantitative estimate of drug-likeness (QED) is 0.805. The molecule has 4 bridgehead atoms. The summed E-state index contributed by atoms with van der Waals surface area (Å²) < 4.78 is 13.2. The molecule has 0 unspecified atom stereocenters. The van der Waals surface area contributed by atoms with Gasteiger partial charge in [0.1, 0.15) is 5.82 Å². The molecule has 4 saturated carbocycles. The van der Waals surface area contributed by atoms with E-state index in [0.717, 1.165) is 23.4 Å². The lowest BCUT2D eigenvalue weighted by molar-refractivity contribution is -0.00972. The predicted molar refractivity (Wildman–Crippen MR) is 86.7 cm³/mol. The third kappa shape index (κ3) is 2.66. The van der Waals surface area contributed by atoms with E-state index in [4.69, 9.17) is 12.2 Å². The summed E-state index contributed by atoms with van der Waals surface area (Å²) in [7, 11) is 0. The summed E-state index contributed by atoms with van der Waals surface area (Å²) in [4.78, 5) is 0. The van der Waals surface area contributed by atoms with Crippen LogP contribution < -0.4 is 10.6 Å². The number of anilines is 1. The molecule has 0 heterocycles. The van der Waals surface area contributed by atoms with Crippen LogP contribution in [0, 0.1) is 23.6 Å². The van der Waals surface area contributed by atoms with Crippen LogP contribution >= 0.6 is 12.2 Å². The fourth-order valence-corrected chi connectivity index (χ4v) is 5.57. The zero-order valence-electron chi connectivity index (χ0n) is 12.1. The molecule has 5 rings (SSSR count). The standard InChI is InChI=1S/C17H21FN2S/c18-14-2-1-3-15(7-14)19-16(21)20-17-8-11-4-12(9-17)6-13(5-11)10-17/h1-3,7,11-13H,4-6,8-10H2,(H2,19,20,21). The molecular formula is C17H21FN2S. The first-order valence-corrected chi connectivity index (χ1v) is 8.36. The van der Waals surface area contributed by atoms with Crippen LogP contribution in [0.3, 0.4) is 0 Å². The second-order valence-electron chi connectivity index (χ2n) is 7.29. The first-order chi connectivity index (χ1) is 10.1. The minimum atomic E-state index is -0.238. The van der Waals surface area contributed by atoms with Gasteiger partial charge in [-0.1, -0.05) is 6.07 Å². The van der Waals surface area contributed by atoms with E-state index in [0.29, 0.717) is 5.11 Å². The lowest BCUT2D eigenvalue weighted by atomic mass is 9.53. The molecule has 1 aromatic rings. The minimum Gasteiger partial charge on any atom is -0.357 e. The monoisotopic (exact) mass is 304 g/mol. The fourth-order valence-electron chi connectivity index (χ4n) is 5.23. The summed E-state index contributed by atoms with van der Waals surface area (Å²) in [6.07, 6.45) is 8.03. The average molecular weight is 304 g/mol. The maximum Gasteiger partial charge on any atom is 0.171 e. The molecule has 0 amide bonds. The van der Waals surface area contributed by atoms with Gasteiger partial charge < -0.3 is 10.6 Å². The molecule has 0 aromatic heterocycles. The van der Waals surface area contributed by atoms with Gasteiger partial charge in [0.25, 0.3) is 0 Å². The van der Waals surface area contributed by atoms with E-state index < -0.39 is 0 Å². The van der Waals surface area contributed by atoms with Gasteiger partial charge in [0.2, 0.25) is 0 Å². The Labute approximate surface area is 130 Å². The van der Waals surface area contributed by atoms with Crippen molar-refractivity contribution in [2.24, 2.45) is 17.8 Å². The van der Waals surface area contributed by atoms with E-state index in [-0.39, 0.29) is 11.4 Å². The number of halogens is 1. The van der Waals surface area contributed by atoms with Crippen molar-refractivity contribution in [2.75, 3.05) is 5.32 Å². The highest BCUT2D eigenvalue weighted by atomic mass is 32.1. The van der Waals surface area contributed by atoms with E-state index in [1.165, 1.54) is 50.7 Å². The zero-order chi connectivity index (χ0) is 14.4. The molecule has 4 fully saturated rings. The van der Waals surface area contributed by atoms with Gasteiger partial charge in [-0.05, 0) is 86.7 Å². The molecule has 0 spiro atoms. The number of rotatable bonds is 2. The second-order valence-corrected chi connectivity index (χ2v) is 7.70. The summed E-state index contributed by atoms with van der Waals surface area (Å²) in [5.41, 5.74) is 0.920. The highest BCUT2D eigenvalue weighted by Crippen LogP contribution is 2.55. The van der Waals surface area contributed by atoms with Gasteiger partial charge in [-0.2, -0.15) is 0 Å². The Bertz CT molecular complexity index is 536. The molecule has 4 aliphatic carbocycles. The first-order valence-electron chi connectivity index (χ1n) is 7.95. The Hall–Kier alpha value is -1.16. The van der Waals surface area contributed by atoms with Crippen molar-refractivity contribution < 1.29 is 4.39 Å². The highest BCUT2D eigenvalue weighted by molar-refractivity contribution is 7.80. The van der Waals surface area contributed by atoms with E-state index in [9.17, 15) is 4.39 Å². The van der Waals surface area contributed by atoms with Gasteiger partial charge in [0.05, 0.1) is 0 Å². The van der Waals surface area contributed by atoms with Crippen molar-refractivity contribution in [1.29, 1.82) is 0 Å². The summed E-state index contributed by atoms with van der Waals surface area (Å²) in [6.45, 7) is 0. The minimum absolute atomic E-state index is 0.201. The normalized spacial score (nSPS) is 36.5. The maximum absolute atomic E-state index is 13.2. The molecule has 1 aromatic carbocycles. The Morgan fingerprint density at radius 3 is 2.29 bits per heavy atom. The largest absolute Gasteiger partial charge is 0.357 e. The molecule has 0 atom stereocenters. The number of thiocarbonyl (C=S) groups is 1. The summed E-state index contributed by atoms with van der Waals surface area (Å²) in [6, 6.07) is 6.47. The molecule has 0 saturated heterocycles. The van der Waals surface area contributed by atoms with Gasteiger partial charge >= 0.3 is 0 Å². The Morgan fingerprint density at radius 1 is 1.10 bits per heavy atom. The van der Waals surface area contributed by atoms with Crippen molar-refractivity contribution in [1.82, 2.24) is 5.32 Å². The molecule has 4 aliphatic rings. The number of nitrogens with one attached hydrogen (secondary N) is 2. The molecule has 21 heavy (non-hydrogen) atoms. The molecule has 2 nitrogen and oxygen atoms in total. The lowest BCUT2D eigenvalue weighted by Gasteiger charge is -2.57. The maximum atomic E-state index is 13.2. The van der Waals surface area contributed by atoms with E-state index >= 15 is 0 Å². The van der Waals surface area contributed by atoms with Crippen LogP contribution in [-0.4, -0.2) is 10.7 Å². The summed E-state index contributed by atoms with van der Waals surface area (Å²) in [5.74, 6) is 2.43. The zero-order valence-corrected chi connectivity index (χ0v) is 12.9. The van der Waals surface area contributed by atoms with Crippen LogP contribution in [-0.2, 0) is 0 Å². The molecule has 0 aliphatic heterocycles. The first kappa shape index (κ1) is 13.5. The van der Waals surface area contributed by atoms with Gasteiger partial charge in [0, 0.05) is 11.2 Å². The smallest absolute Gasteiger partial charge is 0.171 e. The van der Waals surface area contributed by atoms with Crippen LogP contribution in [0.1, 0.15) is 38.5 Å². The second kappa shape index (κ2) is 4.94. The molecular weight excluding hydrogens is 283 g/mol. The van der Waals surface area contributed by atoms with Gasteiger partial charge in [-0.3, -0.25) is 0 Å². The molecule has 2 N–H and O–H groups in total. The Kier molecular flexibility index (Phi) is 3.18. The van der Waals surface area contributed by atoms with Crippen LogP contribution in [0.25, 0.3) is 0 Å². The van der Waals surface area contributed by atoms with E-state index in [2.05, 4.69) is 10.6 Å². The highest BCUT2D eigenvalue weighted by Gasteiger charge is 2.51. The van der Waals surface area contributed by atoms with Crippen molar-refractivity contribution in [2.45, 2.75) is 44.1 Å². The molecule has 112 valence electrons. The number of benzene rings is 1. The van der Waals surface area contributed by atoms with Crippen LogP contribution in [0.2, 0.25) is 0 Å². The van der Waals surface area contributed by atoms with Crippen LogP contribution in [0.5, 0.6) is 0 Å². The number of hydrogen-bond donors (Lipinski definition) is 2. The van der Waals surface area contributed by atoms with Crippen LogP contribution in [0.15, 0.2) is 24.3 Å². The van der Waals surface area contributed by atoms with Crippen molar-refractivity contribution >= 4 is 23.0 Å². The third-order valence-corrected chi connectivity index (χ3v) is 5.70. The molecule has 4 heteroatoms. The van der Waals surface area contributed by atoms with Crippen LogP contribution in [0.4, 0.5) is 10.1 Å².